The van der Waals surface area contributed by atoms with E-state index in [-0.39, 0.29) is 11.8 Å². The average molecular weight is 369 g/mol. The fourth-order valence-corrected chi connectivity index (χ4v) is 2.57. The third-order valence-corrected chi connectivity index (χ3v) is 4.09. The first-order chi connectivity index (χ1) is 12.9. The Bertz CT molecular complexity index is 859. The van der Waals surface area contributed by atoms with Gasteiger partial charge in [-0.3, -0.25) is 14.5 Å². The topological polar surface area (TPSA) is 109 Å². The largest absolute Gasteiger partial charge is 0.465 e. The number of pyridine rings is 1. The molecule has 0 bridgehead atoms. The molecule has 0 aliphatic rings. The first kappa shape index (κ1) is 19.9. The molecule has 2 atom stereocenters. The summed E-state index contributed by atoms with van der Waals surface area (Å²) in [5.74, 6) is -0.554. The summed E-state index contributed by atoms with van der Waals surface area (Å²) in [6.45, 7) is 9.04. The molecule has 2 aromatic heterocycles. The molecule has 2 rings (SSSR count). The van der Waals surface area contributed by atoms with Crippen molar-refractivity contribution in [2.75, 3.05) is 5.32 Å². The highest BCUT2D eigenvalue weighted by atomic mass is 16.4. The Morgan fingerprint density at radius 2 is 2.15 bits per heavy atom. The number of anilines is 1. The van der Waals surface area contributed by atoms with Gasteiger partial charge in [0.15, 0.2) is 0 Å². The number of nitrogens with zero attached hydrogens (tertiary/aromatic N) is 3. The highest BCUT2D eigenvalue weighted by molar-refractivity contribution is 5.96. The highest BCUT2D eigenvalue weighted by Gasteiger charge is 2.19. The van der Waals surface area contributed by atoms with Gasteiger partial charge < -0.3 is 15.7 Å². The molecule has 142 valence electrons. The number of amides is 2. The van der Waals surface area contributed by atoms with Crippen LogP contribution in [0.4, 0.5) is 10.5 Å². The van der Waals surface area contributed by atoms with E-state index >= 15 is 0 Å². The summed E-state index contributed by atoms with van der Waals surface area (Å²) >= 11 is 0. The molecule has 0 aliphatic carbocycles. The molecule has 2 heterocycles. The molecule has 0 radical (unpaired) electrons. The number of carbonyl (C=O) groups excluding carboxylic acids is 1. The zero-order chi connectivity index (χ0) is 20.0. The van der Waals surface area contributed by atoms with Crippen molar-refractivity contribution in [2.45, 2.75) is 19.4 Å². The maximum atomic E-state index is 12.2. The van der Waals surface area contributed by atoms with Crippen molar-refractivity contribution in [2.24, 2.45) is 13.0 Å². The number of aromatic nitrogens is 3. The van der Waals surface area contributed by atoms with Gasteiger partial charge in [-0.05, 0) is 24.1 Å². The van der Waals surface area contributed by atoms with E-state index in [0.717, 1.165) is 5.56 Å². The predicted molar refractivity (Wildman–Crippen MR) is 103 cm³/mol. The molecule has 2 unspecified atom stereocenters. The fraction of sp³-hybridized carbons (Fsp3) is 0.263. The molecule has 8 nitrogen and oxygen atoms in total. The molecule has 3 N–H and O–H groups in total. The van der Waals surface area contributed by atoms with E-state index in [0.29, 0.717) is 23.5 Å². The molecular weight excluding hydrogens is 346 g/mol. The summed E-state index contributed by atoms with van der Waals surface area (Å²) in [7, 11) is 1.74. The minimum Gasteiger partial charge on any atom is -0.465 e. The maximum absolute atomic E-state index is 12.2. The summed E-state index contributed by atoms with van der Waals surface area (Å²) in [6, 6.07) is 3.06. The Balaban J connectivity index is 2.40. The lowest BCUT2D eigenvalue weighted by Crippen LogP contribution is -2.26. The van der Waals surface area contributed by atoms with Crippen molar-refractivity contribution in [1.82, 2.24) is 20.1 Å². The van der Waals surface area contributed by atoms with Gasteiger partial charge in [-0.25, -0.2) is 4.79 Å². The van der Waals surface area contributed by atoms with E-state index in [1.807, 2.05) is 0 Å². The van der Waals surface area contributed by atoms with E-state index in [4.69, 9.17) is 5.11 Å². The number of carbonyl (C=O) groups is 2. The number of nitrogens with one attached hydrogen (secondary N) is 2. The molecule has 0 aromatic carbocycles. The molecule has 27 heavy (non-hydrogen) atoms. The Morgan fingerprint density at radius 1 is 1.41 bits per heavy atom. The third-order valence-electron chi connectivity index (χ3n) is 4.09. The zero-order valence-electron chi connectivity index (χ0n) is 15.3. The van der Waals surface area contributed by atoms with Crippen LogP contribution >= 0.6 is 0 Å². The highest BCUT2D eigenvalue weighted by Crippen LogP contribution is 2.28. The van der Waals surface area contributed by atoms with Crippen LogP contribution in [0.5, 0.6) is 0 Å². The fourth-order valence-electron chi connectivity index (χ4n) is 2.57. The van der Waals surface area contributed by atoms with Crippen molar-refractivity contribution in [3.63, 3.8) is 0 Å². The quantitative estimate of drug-likeness (QED) is 0.619. The molecule has 0 fully saturated rings. The van der Waals surface area contributed by atoms with Crippen molar-refractivity contribution in [3.05, 3.63) is 55.4 Å². The van der Waals surface area contributed by atoms with Gasteiger partial charge in [0.25, 0.3) is 0 Å². The number of carboxylic acid groups (broad SMARTS) is 1. The summed E-state index contributed by atoms with van der Waals surface area (Å²) in [6.07, 6.45) is 5.66. The summed E-state index contributed by atoms with van der Waals surface area (Å²) in [4.78, 5) is 27.6. The van der Waals surface area contributed by atoms with Gasteiger partial charge in [0.05, 0.1) is 29.5 Å². The van der Waals surface area contributed by atoms with Gasteiger partial charge in [0, 0.05) is 13.2 Å². The van der Waals surface area contributed by atoms with Gasteiger partial charge in [0.1, 0.15) is 5.69 Å². The second-order valence-electron chi connectivity index (χ2n) is 6.04. The van der Waals surface area contributed by atoms with Gasteiger partial charge in [-0.1, -0.05) is 19.1 Å². The summed E-state index contributed by atoms with van der Waals surface area (Å²) < 4.78 is 1.60. The van der Waals surface area contributed by atoms with Crippen LogP contribution in [0.1, 0.15) is 24.9 Å². The van der Waals surface area contributed by atoms with E-state index in [1.54, 1.807) is 55.3 Å². The molecule has 8 heteroatoms. The smallest absolute Gasteiger partial charge is 0.405 e. The lowest BCUT2D eigenvalue weighted by atomic mass is 10.0. The van der Waals surface area contributed by atoms with Crippen LogP contribution in [0.25, 0.3) is 11.4 Å². The van der Waals surface area contributed by atoms with Crippen LogP contribution in [-0.2, 0) is 11.8 Å². The van der Waals surface area contributed by atoms with E-state index in [1.165, 1.54) is 0 Å². The Kier molecular flexibility index (Phi) is 6.48. The van der Waals surface area contributed by atoms with Crippen LogP contribution in [0.15, 0.2) is 49.8 Å². The maximum Gasteiger partial charge on any atom is 0.405 e. The number of hydrogen-bond donors (Lipinski definition) is 3. The molecular formula is C19H23N5O3. The molecule has 2 amide bonds. The molecule has 2 aromatic rings. The van der Waals surface area contributed by atoms with Crippen molar-refractivity contribution in [1.29, 1.82) is 0 Å². The SMILES string of the molecule is C=CCC(NC(=O)O)c1ccnc(-c2c(NC(=O)C(C)C=C)cnn2C)c1. The zero-order valence-corrected chi connectivity index (χ0v) is 15.3. The van der Waals surface area contributed by atoms with E-state index in [9.17, 15) is 9.59 Å². The molecule has 0 spiro atoms. The van der Waals surface area contributed by atoms with E-state index in [2.05, 4.69) is 33.9 Å². The van der Waals surface area contributed by atoms with Gasteiger partial charge in [-0.2, -0.15) is 5.10 Å². The Labute approximate surface area is 157 Å². The minimum atomic E-state index is -1.12. The van der Waals surface area contributed by atoms with Crippen LogP contribution in [0.3, 0.4) is 0 Å². The second kappa shape index (κ2) is 8.79. The average Bonchev–Trinajstić information content (AvgIpc) is 3.00. The number of rotatable bonds is 8. The van der Waals surface area contributed by atoms with Gasteiger partial charge >= 0.3 is 6.09 Å². The molecule has 0 saturated heterocycles. The lowest BCUT2D eigenvalue weighted by Gasteiger charge is -2.16. The summed E-state index contributed by atoms with van der Waals surface area (Å²) in [5, 5.41) is 18.6. The predicted octanol–water partition coefficient (Wildman–Crippen LogP) is 3.13. The van der Waals surface area contributed by atoms with Crippen molar-refractivity contribution >= 4 is 17.7 Å². The summed E-state index contributed by atoms with van der Waals surface area (Å²) in [5.41, 5.74) is 2.44. The second-order valence-corrected chi connectivity index (χ2v) is 6.04. The van der Waals surface area contributed by atoms with Crippen molar-refractivity contribution in [3.8, 4) is 11.4 Å². The third kappa shape index (κ3) is 4.81. The minimum absolute atomic E-state index is 0.201. The Morgan fingerprint density at radius 3 is 2.78 bits per heavy atom. The standard InChI is InChI=1S/C19H23N5O3/c1-5-7-14(23-19(26)27)13-8-9-20-15(10-13)17-16(11-21-24(17)4)22-18(25)12(3)6-2/h5-6,8-12,14,23H,1-2,7H2,3-4H3,(H,22,25)(H,26,27). The normalized spacial score (nSPS) is 12.7. The van der Waals surface area contributed by atoms with Crippen LogP contribution in [0, 0.1) is 5.92 Å². The molecule has 0 aliphatic heterocycles. The first-order valence-electron chi connectivity index (χ1n) is 8.39. The first-order valence-corrected chi connectivity index (χ1v) is 8.39. The van der Waals surface area contributed by atoms with Crippen LogP contribution in [-0.4, -0.2) is 31.9 Å². The van der Waals surface area contributed by atoms with Gasteiger partial charge in [-0.15, -0.1) is 13.2 Å². The van der Waals surface area contributed by atoms with Crippen molar-refractivity contribution < 1.29 is 14.7 Å². The Hall–Kier alpha value is -3.42. The van der Waals surface area contributed by atoms with Gasteiger partial charge in [0.2, 0.25) is 5.91 Å². The lowest BCUT2D eigenvalue weighted by molar-refractivity contribution is -0.118. The van der Waals surface area contributed by atoms with E-state index < -0.39 is 12.1 Å². The van der Waals surface area contributed by atoms with Crippen LogP contribution in [0.2, 0.25) is 0 Å². The monoisotopic (exact) mass is 369 g/mol. The number of aryl methyl sites for hydroxylation is 1. The number of hydrogen-bond acceptors (Lipinski definition) is 4. The molecule has 0 saturated carbocycles. The van der Waals surface area contributed by atoms with Crippen LogP contribution < -0.4 is 10.6 Å².